The molecule has 422 valence electrons. The first kappa shape index (κ1) is 69.0. The molecule has 0 spiro atoms. The fourth-order valence-electron chi connectivity index (χ4n) is 6.25. The molecule has 0 unspecified atom stereocenters. The van der Waals surface area contributed by atoms with Gasteiger partial charge in [-0.2, -0.15) is 26.3 Å². The minimum Gasteiger partial charge on any atom is -0.850 e. The Kier molecular flexibility index (Phi) is 26.0. The number of nitrogens with one attached hydrogen (secondary N) is 2. The van der Waals surface area contributed by atoms with Crippen LogP contribution in [0.1, 0.15) is 88.1 Å². The second-order valence-electron chi connectivity index (χ2n) is 19.1. The molecule has 9 rings (SSSR count). The van der Waals surface area contributed by atoms with Crippen molar-refractivity contribution in [2.75, 3.05) is 16.4 Å². The number of rotatable bonds is 6. The maximum Gasteiger partial charge on any atom is 1.00 e. The van der Waals surface area contributed by atoms with Crippen LogP contribution in [0.3, 0.4) is 0 Å². The predicted octanol–water partition coefficient (Wildman–Crippen LogP) is 10.5. The van der Waals surface area contributed by atoms with E-state index in [0.29, 0.717) is 50.5 Å². The number of hydrogen-bond donors (Lipinski definition) is 3. The van der Waals surface area contributed by atoms with Crippen molar-refractivity contribution in [3.8, 4) is 11.3 Å². The van der Waals surface area contributed by atoms with Gasteiger partial charge in [0.2, 0.25) is 0 Å². The van der Waals surface area contributed by atoms with Crippen molar-refractivity contribution >= 4 is 76.1 Å². The summed E-state index contributed by atoms with van der Waals surface area (Å²) in [6.45, 7) is 22.4. The van der Waals surface area contributed by atoms with E-state index in [1.165, 1.54) is 60.8 Å². The SMILES string of the molecule is CC(C)(C)[O-].Cc1ccc(N)cc1.Cc1noc(C)c1-c1cncc(Nc2ccc(C(F)(F)F)cc2)n1.Cc1noc(C)c1B1OC(C)(C)C(C)(C)O1.Clc1cncc(Cl)n1.FC(F)(F)c1ccc(Nc2cncc(Cl)n2)cc1.[K+]. The van der Waals surface area contributed by atoms with E-state index in [-0.39, 0.29) is 74.9 Å². The number of aromatic nitrogens is 8. The molecular formula is C53H58BCl3F6KN11O5. The average molecular weight is 1200 g/mol. The quantitative estimate of drug-likeness (QED) is 0.0800. The molecule has 5 aromatic heterocycles. The molecule has 27 heteroatoms. The first-order valence-corrected chi connectivity index (χ1v) is 24.8. The Morgan fingerprint density at radius 2 is 0.938 bits per heavy atom. The first-order valence-electron chi connectivity index (χ1n) is 23.7. The largest absolute Gasteiger partial charge is 1.00 e. The molecule has 1 aliphatic heterocycles. The smallest absolute Gasteiger partial charge is 0.850 e. The van der Waals surface area contributed by atoms with Gasteiger partial charge in [-0.3, -0.25) is 15.0 Å². The summed E-state index contributed by atoms with van der Waals surface area (Å²) >= 11 is 16.4. The second kappa shape index (κ2) is 30.2. The van der Waals surface area contributed by atoms with Gasteiger partial charge in [0, 0.05) is 22.5 Å². The summed E-state index contributed by atoms with van der Waals surface area (Å²) in [5.74, 6) is 2.15. The van der Waals surface area contributed by atoms with E-state index < -0.39 is 29.1 Å². The molecule has 0 aliphatic carbocycles. The molecule has 0 amide bonds. The van der Waals surface area contributed by atoms with Gasteiger partial charge in [0.05, 0.1) is 82.2 Å². The number of nitrogens with two attached hydrogens (primary N) is 1. The average Bonchev–Trinajstić information content (AvgIpc) is 3.97. The van der Waals surface area contributed by atoms with Crippen molar-refractivity contribution < 1.29 is 101 Å². The van der Waals surface area contributed by atoms with Gasteiger partial charge in [-0.15, -0.1) is 5.60 Å². The molecule has 0 atom stereocenters. The number of halogens is 9. The van der Waals surface area contributed by atoms with Crippen molar-refractivity contribution in [1.29, 1.82) is 0 Å². The van der Waals surface area contributed by atoms with Gasteiger partial charge in [-0.25, -0.2) is 15.0 Å². The van der Waals surface area contributed by atoms with Crippen LogP contribution in [0.2, 0.25) is 15.5 Å². The number of aryl methyl sites for hydroxylation is 5. The summed E-state index contributed by atoms with van der Waals surface area (Å²) in [4.78, 5) is 23.5. The van der Waals surface area contributed by atoms with Crippen molar-refractivity contribution in [2.24, 2.45) is 0 Å². The Balaban J connectivity index is 0.000000269. The van der Waals surface area contributed by atoms with E-state index in [9.17, 15) is 31.4 Å². The van der Waals surface area contributed by atoms with Crippen LogP contribution in [0.4, 0.5) is 55.0 Å². The zero-order valence-electron chi connectivity index (χ0n) is 46.1. The molecular weight excluding hydrogens is 1140 g/mol. The molecule has 4 N–H and O–H groups in total. The fraction of sp³-hybridized carbons (Fsp3) is 0.321. The second-order valence-corrected chi connectivity index (χ2v) is 20.3. The van der Waals surface area contributed by atoms with Crippen LogP contribution in [0.15, 0.2) is 119 Å². The van der Waals surface area contributed by atoms with E-state index in [1.807, 2.05) is 72.7 Å². The van der Waals surface area contributed by atoms with Gasteiger partial charge in [0.1, 0.15) is 32.8 Å². The Morgan fingerprint density at radius 1 is 0.550 bits per heavy atom. The van der Waals surface area contributed by atoms with Crippen molar-refractivity contribution in [1.82, 2.24) is 40.2 Å². The minimum atomic E-state index is -4.36. The fourth-order valence-corrected chi connectivity index (χ4v) is 6.74. The maximum atomic E-state index is 12.6. The number of benzene rings is 3. The summed E-state index contributed by atoms with van der Waals surface area (Å²) in [5, 5.41) is 24.5. The molecule has 0 saturated carbocycles. The topological polar surface area (TPSA) is 221 Å². The normalized spacial score (nSPS) is 13.2. The van der Waals surface area contributed by atoms with Crippen molar-refractivity contribution in [3.63, 3.8) is 0 Å². The summed E-state index contributed by atoms with van der Waals surface area (Å²) < 4.78 is 96.9. The molecule has 80 heavy (non-hydrogen) atoms. The number of hydrogen-bond acceptors (Lipinski definition) is 16. The van der Waals surface area contributed by atoms with E-state index in [2.05, 4.69) is 50.9 Å². The zero-order chi connectivity index (χ0) is 59.1. The Labute approximate surface area is 517 Å². The molecule has 8 aromatic rings. The van der Waals surface area contributed by atoms with E-state index >= 15 is 0 Å². The summed E-state index contributed by atoms with van der Waals surface area (Å²) in [5.41, 5.74) is 9.40. The molecule has 0 bridgehead atoms. The monoisotopic (exact) mass is 1200 g/mol. The van der Waals surface area contributed by atoms with Gasteiger partial charge in [-0.1, -0.05) is 83.6 Å². The van der Waals surface area contributed by atoms with Crippen LogP contribution in [-0.2, 0) is 21.7 Å². The van der Waals surface area contributed by atoms with Gasteiger partial charge in [0.15, 0.2) is 5.82 Å². The van der Waals surface area contributed by atoms with Crippen LogP contribution < -0.4 is 78.3 Å². The van der Waals surface area contributed by atoms with Gasteiger partial charge < -0.3 is 39.8 Å². The number of nitrogen functional groups attached to an aromatic ring is 1. The number of anilines is 5. The van der Waals surface area contributed by atoms with Crippen LogP contribution in [0.5, 0.6) is 0 Å². The van der Waals surface area contributed by atoms with E-state index in [4.69, 9.17) is 58.9 Å². The molecule has 16 nitrogen and oxygen atoms in total. The standard InChI is InChI=1S/C16H13F3N4O.C11H18BNO3.C11H7ClF3N3.C7H9N.C4H2Cl2N2.C4H9O.K/c1-9-15(10(2)24-23-9)13-7-20-8-14(22-13)21-12-5-3-11(4-6-12)16(17,18)19;1-7-9(8(2)14-13-7)12-15-10(3,4)11(5,6)16-12;12-9-5-16-6-10(18-9)17-8-3-1-7(2-4-8)11(13,14)15;1-6-2-4-7(8)5-3-6;5-3-1-7-2-4(6)8-3;1-4(2,3)5;/h3-8H,1-2H3,(H,21,22);1-6H3;1-6H,(H,17,18);2-5H,8H2,1H3;1-2H;1-3H3;/q;;;;;-1;+1. The number of alkyl halides is 6. The predicted molar refractivity (Wildman–Crippen MR) is 293 cm³/mol. The Morgan fingerprint density at radius 3 is 1.29 bits per heavy atom. The van der Waals surface area contributed by atoms with Crippen molar-refractivity contribution in [3.05, 3.63) is 165 Å². The van der Waals surface area contributed by atoms with E-state index in [1.54, 1.807) is 40.8 Å². The first-order chi connectivity index (χ1) is 36.6. The third kappa shape index (κ3) is 22.9. The zero-order valence-corrected chi connectivity index (χ0v) is 51.5. The molecule has 3 aromatic carbocycles. The summed E-state index contributed by atoms with van der Waals surface area (Å²) in [6.07, 6.45) is -0.0102. The molecule has 1 aliphatic rings. The summed E-state index contributed by atoms with van der Waals surface area (Å²) in [7, 11) is -0.378. The van der Waals surface area contributed by atoms with Crippen LogP contribution in [0.25, 0.3) is 11.3 Å². The Bertz CT molecular complexity index is 3090. The van der Waals surface area contributed by atoms with Gasteiger partial charge in [-0.05, 0) is 123 Å². The van der Waals surface area contributed by atoms with E-state index in [0.717, 1.165) is 52.4 Å². The number of nitrogens with zero attached hydrogens (tertiary/aromatic N) is 8. The Hall–Kier alpha value is -5.25. The third-order valence-electron chi connectivity index (χ3n) is 10.7. The third-order valence-corrected chi connectivity index (χ3v) is 11.3. The van der Waals surface area contributed by atoms with Crippen LogP contribution >= 0.6 is 34.8 Å². The van der Waals surface area contributed by atoms with Crippen LogP contribution in [-0.4, -0.2) is 64.1 Å². The van der Waals surface area contributed by atoms with Crippen molar-refractivity contribution in [2.45, 2.75) is 112 Å². The molecule has 1 fully saturated rings. The molecule has 1 saturated heterocycles. The van der Waals surface area contributed by atoms with Gasteiger partial charge in [0.25, 0.3) is 0 Å². The maximum absolute atomic E-state index is 12.6. The van der Waals surface area contributed by atoms with Crippen LogP contribution in [0, 0.1) is 34.6 Å². The minimum absolute atomic E-state index is 0. The summed E-state index contributed by atoms with van der Waals surface area (Å²) in [6, 6.07) is 17.1. The molecule has 6 heterocycles. The van der Waals surface area contributed by atoms with Gasteiger partial charge >= 0.3 is 70.9 Å². The molecule has 0 radical (unpaired) electrons.